The lowest BCUT2D eigenvalue weighted by Gasteiger charge is -2.19. The van der Waals surface area contributed by atoms with E-state index in [1.807, 2.05) is 36.9 Å². The van der Waals surface area contributed by atoms with Crippen molar-refractivity contribution in [2.24, 2.45) is 5.73 Å². The molecule has 0 spiro atoms. The Bertz CT molecular complexity index is 1140. The van der Waals surface area contributed by atoms with Gasteiger partial charge in [0.25, 0.3) is 5.91 Å². The molecule has 2 N–H and O–H groups in total. The van der Waals surface area contributed by atoms with Gasteiger partial charge >= 0.3 is 0 Å². The third-order valence-corrected chi connectivity index (χ3v) is 6.38. The van der Waals surface area contributed by atoms with Crippen LogP contribution in [0, 0.1) is 6.92 Å². The lowest BCUT2D eigenvalue weighted by Crippen LogP contribution is -2.28. The predicted octanol–water partition coefficient (Wildman–Crippen LogP) is 2.70. The fourth-order valence-corrected chi connectivity index (χ4v) is 4.56. The molecule has 8 nitrogen and oxygen atoms in total. The summed E-state index contributed by atoms with van der Waals surface area (Å²) < 4.78 is 0. The van der Waals surface area contributed by atoms with Crippen molar-refractivity contribution in [1.29, 1.82) is 0 Å². The highest BCUT2D eigenvalue weighted by Gasteiger charge is 2.32. The number of hydrogen-bond acceptors (Lipinski definition) is 7. The van der Waals surface area contributed by atoms with E-state index < -0.39 is 5.91 Å². The number of amides is 2. The Hall–Kier alpha value is -3.33. The van der Waals surface area contributed by atoms with Gasteiger partial charge in [0.05, 0.1) is 16.9 Å². The van der Waals surface area contributed by atoms with Gasteiger partial charge in [-0.25, -0.2) is 15.0 Å². The summed E-state index contributed by atoms with van der Waals surface area (Å²) in [5, 5.41) is 0. The van der Waals surface area contributed by atoms with Crippen molar-refractivity contribution in [3.63, 3.8) is 0 Å². The van der Waals surface area contributed by atoms with Gasteiger partial charge in [-0.3, -0.25) is 9.59 Å². The van der Waals surface area contributed by atoms with E-state index in [0.29, 0.717) is 29.5 Å². The molecule has 0 aliphatic carbocycles. The lowest BCUT2D eigenvalue weighted by atomic mass is 9.95. The standard InChI is InChI=1S/C22H24N6O2S/c1-13-19(31-12-25-13)21(30)28-8-7-16(11-28)18-17(10-24-22(26-18)27(2)3)14-5-4-6-15(9-14)20(23)29/h4-6,9-10,12,16H,7-8,11H2,1-3H3,(H2,23,29)/t16-/m1/s1. The van der Waals surface area contributed by atoms with Gasteiger partial charge in [0.2, 0.25) is 11.9 Å². The van der Waals surface area contributed by atoms with Gasteiger partial charge < -0.3 is 15.5 Å². The van der Waals surface area contributed by atoms with Crippen LogP contribution in [0.2, 0.25) is 0 Å². The van der Waals surface area contributed by atoms with Gasteiger partial charge in [0.1, 0.15) is 4.88 Å². The number of aryl methyl sites for hydroxylation is 1. The molecule has 1 fully saturated rings. The highest BCUT2D eigenvalue weighted by molar-refractivity contribution is 7.11. The molecular weight excluding hydrogens is 412 g/mol. The fraction of sp³-hybridized carbons (Fsp3) is 0.318. The molecule has 0 bridgehead atoms. The van der Waals surface area contributed by atoms with Crippen molar-refractivity contribution in [2.45, 2.75) is 19.3 Å². The van der Waals surface area contributed by atoms with Crippen LogP contribution in [-0.2, 0) is 0 Å². The molecule has 9 heteroatoms. The average Bonchev–Trinajstić information content (AvgIpc) is 3.42. The molecule has 1 saturated heterocycles. The summed E-state index contributed by atoms with van der Waals surface area (Å²) in [4.78, 5) is 42.5. The molecular formula is C22H24N6O2S. The van der Waals surface area contributed by atoms with Gasteiger partial charge in [-0.15, -0.1) is 11.3 Å². The van der Waals surface area contributed by atoms with Crippen LogP contribution in [0.1, 0.15) is 43.8 Å². The summed E-state index contributed by atoms with van der Waals surface area (Å²) in [5.41, 5.74) is 10.9. The van der Waals surface area contributed by atoms with Gasteiger partial charge in [0, 0.05) is 50.4 Å². The van der Waals surface area contributed by atoms with E-state index in [-0.39, 0.29) is 11.8 Å². The minimum Gasteiger partial charge on any atom is -0.366 e. The van der Waals surface area contributed by atoms with E-state index in [1.54, 1.807) is 29.9 Å². The highest BCUT2D eigenvalue weighted by atomic mass is 32.1. The van der Waals surface area contributed by atoms with Crippen LogP contribution >= 0.6 is 11.3 Å². The first-order valence-electron chi connectivity index (χ1n) is 9.99. The number of aromatic nitrogens is 3. The van der Waals surface area contributed by atoms with Crippen LogP contribution in [0.4, 0.5) is 5.95 Å². The van der Waals surface area contributed by atoms with Gasteiger partial charge in [-0.05, 0) is 31.0 Å². The Morgan fingerprint density at radius 2 is 2.06 bits per heavy atom. The first-order valence-corrected chi connectivity index (χ1v) is 10.9. The predicted molar refractivity (Wildman–Crippen MR) is 120 cm³/mol. The SMILES string of the molecule is Cc1ncsc1C(=O)N1CC[C@@H](c2nc(N(C)C)ncc2-c2cccc(C(N)=O)c2)C1. The first kappa shape index (κ1) is 20.9. The molecule has 4 rings (SSSR count). The van der Waals surface area contributed by atoms with Crippen LogP contribution < -0.4 is 10.6 Å². The smallest absolute Gasteiger partial charge is 0.265 e. The van der Waals surface area contributed by atoms with Crippen molar-refractivity contribution in [3.8, 4) is 11.1 Å². The molecule has 160 valence electrons. The first-order chi connectivity index (χ1) is 14.8. The van der Waals surface area contributed by atoms with Crippen molar-refractivity contribution >= 4 is 29.1 Å². The van der Waals surface area contributed by atoms with Gasteiger partial charge in [-0.2, -0.15) is 0 Å². The summed E-state index contributed by atoms with van der Waals surface area (Å²) in [6, 6.07) is 7.17. The second-order valence-corrected chi connectivity index (χ2v) is 8.67. The summed E-state index contributed by atoms with van der Waals surface area (Å²) in [7, 11) is 3.78. The number of carbonyl (C=O) groups excluding carboxylic acids is 2. The molecule has 0 saturated carbocycles. The molecule has 2 amide bonds. The van der Waals surface area contributed by atoms with E-state index in [9.17, 15) is 9.59 Å². The second kappa shape index (κ2) is 8.43. The Morgan fingerprint density at radius 3 is 2.74 bits per heavy atom. The molecule has 1 aliphatic heterocycles. The van der Waals surface area contributed by atoms with Crippen molar-refractivity contribution in [1.82, 2.24) is 19.9 Å². The van der Waals surface area contributed by atoms with E-state index in [0.717, 1.165) is 28.9 Å². The van der Waals surface area contributed by atoms with Crippen LogP contribution in [0.15, 0.2) is 36.0 Å². The fourth-order valence-electron chi connectivity index (χ4n) is 3.79. The Labute approximate surface area is 184 Å². The van der Waals surface area contributed by atoms with Crippen molar-refractivity contribution in [3.05, 3.63) is 57.8 Å². The monoisotopic (exact) mass is 436 g/mol. The third-order valence-electron chi connectivity index (χ3n) is 5.47. The molecule has 3 heterocycles. The largest absolute Gasteiger partial charge is 0.366 e. The normalized spacial score (nSPS) is 15.8. The van der Waals surface area contributed by atoms with Crippen LogP contribution in [0.3, 0.4) is 0 Å². The summed E-state index contributed by atoms with van der Waals surface area (Å²) in [6.07, 6.45) is 2.59. The summed E-state index contributed by atoms with van der Waals surface area (Å²) in [6.45, 7) is 3.08. The third kappa shape index (κ3) is 4.13. The number of primary amides is 1. The van der Waals surface area contributed by atoms with E-state index in [2.05, 4.69) is 9.97 Å². The quantitative estimate of drug-likeness (QED) is 0.659. The van der Waals surface area contributed by atoms with Crippen molar-refractivity contribution in [2.75, 3.05) is 32.1 Å². The number of nitrogens with two attached hydrogens (primary N) is 1. The summed E-state index contributed by atoms with van der Waals surface area (Å²) in [5.74, 6) is 0.201. The van der Waals surface area contributed by atoms with Crippen LogP contribution in [0.5, 0.6) is 0 Å². The maximum Gasteiger partial charge on any atom is 0.265 e. The van der Waals surface area contributed by atoms with E-state index in [4.69, 9.17) is 10.7 Å². The molecule has 31 heavy (non-hydrogen) atoms. The van der Waals surface area contributed by atoms with Gasteiger partial charge in [-0.1, -0.05) is 12.1 Å². The molecule has 0 unspecified atom stereocenters. The van der Waals surface area contributed by atoms with Gasteiger partial charge in [0.15, 0.2) is 0 Å². The van der Waals surface area contributed by atoms with Crippen LogP contribution in [0.25, 0.3) is 11.1 Å². The number of rotatable bonds is 5. The van der Waals surface area contributed by atoms with E-state index in [1.165, 1.54) is 11.3 Å². The number of carbonyl (C=O) groups is 2. The zero-order chi connectivity index (χ0) is 22.1. The number of hydrogen-bond donors (Lipinski definition) is 1. The topological polar surface area (TPSA) is 105 Å². The Morgan fingerprint density at radius 1 is 1.26 bits per heavy atom. The molecule has 0 radical (unpaired) electrons. The summed E-state index contributed by atoms with van der Waals surface area (Å²) >= 11 is 1.37. The molecule has 2 aromatic heterocycles. The number of benzene rings is 1. The molecule has 3 aromatic rings. The zero-order valence-electron chi connectivity index (χ0n) is 17.7. The number of thiazole rings is 1. The number of anilines is 1. The zero-order valence-corrected chi connectivity index (χ0v) is 18.5. The Kier molecular flexibility index (Phi) is 5.69. The van der Waals surface area contributed by atoms with Crippen molar-refractivity contribution < 1.29 is 9.59 Å². The molecule has 1 aromatic carbocycles. The maximum absolute atomic E-state index is 13.0. The Balaban J connectivity index is 1.69. The highest BCUT2D eigenvalue weighted by Crippen LogP contribution is 2.35. The second-order valence-electron chi connectivity index (χ2n) is 7.81. The maximum atomic E-state index is 13.0. The minimum atomic E-state index is -0.480. The average molecular weight is 437 g/mol. The lowest BCUT2D eigenvalue weighted by molar-refractivity contribution is 0.0794. The minimum absolute atomic E-state index is 0.0154. The molecule has 1 atom stereocenters. The van der Waals surface area contributed by atoms with Crippen LogP contribution in [-0.4, -0.2) is 58.9 Å². The van der Waals surface area contributed by atoms with E-state index >= 15 is 0 Å². The number of nitrogens with zero attached hydrogens (tertiary/aromatic N) is 5. The number of likely N-dealkylation sites (tertiary alicyclic amines) is 1. The molecule has 1 aliphatic rings.